The lowest BCUT2D eigenvalue weighted by Gasteiger charge is -2.09. The molecule has 4 heteroatoms. The molecule has 1 aromatic heterocycles. The minimum atomic E-state index is 0.817. The fraction of sp³-hybridized carbons (Fsp3) is 0.429. The van der Waals surface area contributed by atoms with Crippen LogP contribution < -0.4 is 5.32 Å². The fourth-order valence-corrected chi connectivity index (χ4v) is 2.27. The van der Waals surface area contributed by atoms with Gasteiger partial charge in [-0.2, -0.15) is 5.10 Å². The summed E-state index contributed by atoms with van der Waals surface area (Å²) in [5.41, 5.74) is 2.97. The zero-order valence-corrected chi connectivity index (χ0v) is 10.4. The summed E-state index contributed by atoms with van der Waals surface area (Å²) in [6.45, 7) is 1.87. The van der Waals surface area contributed by atoms with Crippen LogP contribution in [0.25, 0.3) is 0 Å². The van der Waals surface area contributed by atoms with Crippen molar-refractivity contribution in [3.8, 4) is 0 Å². The van der Waals surface area contributed by atoms with Gasteiger partial charge in [0.1, 0.15) is 12.2 Å². The number of H-pyrrole nitrogens is 1. The first kappa shape index (κ1) is 11.4. The standard InChI is InChI=1S/C14H18N4/c1-2-4-13(11-5-6-11)12(3-1)9-15-8-7-14-16-10-17-18-14/h1-4,10-11,15H,5-9H2,(H,16,17,18). The Labute approximate surface area is 107 Å². The van der Waals surface area contributed by atoms with Gasteiger partial charge in [-0.1, -0.05) is 24.3 Å². The van der Waals surface area contributed by atoms with Crippen molar-refractivity contribution in [1.82, 2.24) is 20.5 Å². The zero-order chi connectivity index (χ0) is 12.2. The third-order valence-corrected chi connectivity index (χ3v) is 3.39. The molecule has 3 rings (SSSR count). The predicted octanol–water partition coefficient (Wildman–Crippen LogP) is 2.01. The maximum Gasteiger partial charge on any atom is 0.137 e. The molecule has 4 nitrogen and oxygen atoms in total. The summed E-state index contributed by atoms with van der Waals surface area (Å²) in [5, 5.41) is 10.2. The number of hydrogen-bond donors (Lipinski definition) is 2. The van der Waals surface area contributed by atoms with Crippen molar-refractivity contribution in [2.45, 2.75) is 31.7 Å². The van der Waals surface area contributed by atoms with E-state index in [9.17, 15) is 0 Å². The lowest BCUT2D eigenvalue weighted by Crippen LogP contribution is -2.18. The van der Waals surface area contributed by atoms with Crippen molar-refractivity contribution < 1.29 is 0 Å². The third-order valence-electron chi connectivity index (χ3n) is 3.39. The Morgan fingerprint density at radius 3 is 2.94 bits per heavy atom. The summed E-state index contributed by atoms with van der Waals surface area (Å²) in [7, 11) is 0. The summed E-state index contributed by atoms with van der Waals surface area (Å²) in [6.07, 6.45) is 5.16. The Kier molecular flexibility index (Phi) is 3.37. The zero-order valence-electron chi connectivity index (χ0n) is 10.4. The van der Waals surface area contributed by atoms with Gasteiger partial charge in [-0.25, -0.2) is 4.98 Å². The van der Waals surface area contributed by atoms with Gasteiger partial charge in [0.05, 0.1) is 0 Å². The predicted molar refractivity (Wildman–Crippen MR) is 70.2 cm³/mol. The monoisotopic (exact) mass is 242 g/mol. The number of hydrogen-bond acceptors (Lipinski definition) is 3. The van der Waals surface area contributed by atoms with Crippen molar-refractivity contribution in [2.24, 2.45) is 0 Å². The molecule has 2 aromatic rings. The molecule has 1 aliphatic rings. The van der Waals surface area contributed by atoms with Crippen LogP contribution in [0.3, 0.4) is 0 Å². The number of aromatic nitrogens is 3. The molecule has 2 N–H and O–H groups in total. The van der Waals surface area contributed by atoms with Gasteiger partial charge in [0.25, 0.3) is 0 Å². The van der Waals surface area contributed by atoms with E-state index in [1.54, 1.807) is 6.33 Å². The van der Waals surface area contributed by atoms with Gasteiger partial charge in [0.2, 0.25) is 0 Å². The molecule has 94 valence electrons. The molecule has 0 unspecified atom stereocenters. The lowest BCUT2D eigenvalue weighted by atomic mass is 10.0. The molecule has 0 saturated heterocycles. The Balaban J connectivity index is 1.50. The van der Waals surface area contributed by atoms with Crippen molar-refractivity contribution >= 4 is 0 Å². The summed E-state index contributed by atoms with van der Waals surface area (Å²) in [5.74, 6) is 1.76. The van der Waals surface area contributed by atoms with Gasteiger partial charge >= 0.3 is 0 Å². The van der Waals surface area contributed by atoms with Crippen LogP contribution in [0.5, 0.6) is 0 Å². The molecule has 1 aromatic carbocycles. The van der Waals surface area contributed by atoms with E-state index in [1.807, 2.05) is 0 Å². The number of benzene rings is 1. The van der Waals surface area contributed by atoms with Crippen LogP contribution in [0.15, 0.2) is 30.6 Å². The van der Waals surface area contributed by atoms with Crippen molar-refractivity contribution in [1.29, 1.82) is 0 Å². The number of rotatable bonds is 6. The van der Waals surface area contributed by atoms with E-state index in [4.69, 9.17) is 0 Å². The molecule has 0 bridgehead atoms. The summed E-state index contributed by atoms with van der Waals surface area (Å²) in [6, 6.07) is 8.77. The van der Waals surface area contributed by atoms with Gasteiger partial charge < -0.3 is 5.32 Å². The topological polar surface area (TPSA) is 53.6 Å². The highest BCUT2D eigenvalue weighted by Gasteiger charge is 2.25. The first-order valence-corrected chi connectivity index (χ1v) is 6.56. The second-order valence-corrected chi connectivity index (χ2v) is 4.83. The van der Waals surface area contributed by atoms with E-state index in [1.165, 1.54) is 24.0 Å². The molecule has 1 fully saturated rings. The molecule has 1 heterocycles. The Bertz CT molecular complexity index is 488. The molecule has 0 atom stereocenters. The van der Waals surface area contributed by atoms with Crippen LogP contribution in [0, 0.1) is 0 Å². The third kappa shape index (κ3) is 2.76. The molecular weight excluding hydrogens is 224 g/mol. The van der Waals surface area contributed by atoms with E-state index < -0.39 is 0 Å². The van der Waals surface area contributed by atoms with E-state index in [0.717, 1.165) is 31.3 Å². The van der Waals surface area contributed by atoms with Crippen LogP contribution >= 0.6 is 0 Å². The molecule has 1 saturated carbocycles. The molecular formula is C14H18N4. The van der Waals surface area contributed by atoms with Crippen molar-refractivity contribution in [3.63, 3.8) is 0 Å². The van der Waals surface area contributed by atoms with Gasteiger partial charge in [0.15, 0.2) is 0 Å². The van der Waals surface area contributed by atoms with Crippen molar-refractivity contribution in [2.75, 3.05) is 6.54 Å². The normalized spacial score (nSPS) is 14.9. The highest BCUT2D eigenvalue weighted by molar-refractivity contribution is 5.33. The molecule has 0 aliphatic heterocycles. The van der Waals surface area contributed by atoms with Crippen LogP contribution in [-0.4, -0.2) is 21.7 Å². The minimum Gasteiger partial charge on any atom is -0.312 e. The second-order valence-electron chi connectivity index (χ2n) is 4.83. The molecule has 0 amide bonds. The maximum atomic E-state index is 4.11. The first-order chi connectivity index (χ1) is 8.93. The average molecular weight is 242 g/mol. The molecule has 18 heavy (non-hydrogen) atoms. The largest absolute Gasteiger partial charge is 0.312 e. The Morgan fingerprint density at radius 2 is 2.17 bits per heavy atom. The maximum absolute atomic E-state index is 4.11. The minimum absolute atomic E-state index is 0.817. The van der Waals surface area contributed by atoms with E-state index in [2.05, 4.69) is 44.8 Å². The molecule has 0 spiro atoms. The van der Waals surface area contributed by atoms with Gasteiger partial charge in [0, 0.05) is 19.5 Å². The Morgan fingerprint density at radius 1 is 1.28 bits per heavy atom. The smallest absolute Gasteiger partial charge is 0.137 e. The quantitative estimate of drug-likeness (QED) is 0.762. The van der Waals surface area contributed by atoms with Gasteiger partial charge in [-0.05, 0) is 29.9 Å². The Hall–Kier alpha value is -1.68. The highest BCUT2D eigenvalue weighted by Crippen LogP contribution is 2.41. The van der Waals surface area contributed by atoms with Crippen LogP contribution in [-0.2, 0) is 13.0 Å². The molecule has 1 aliphatic carbocycles. The second kappa shape index (κ2) is 5.31. The van der Waals surface area contributed by atoms with Crippen molar-refractivity contribution in [3.05, 3.63) is 47.5 Å². The number of aromatic amines is 1. The van der Waals surface area contributed by atoms with E-state index in [0.29, 0.717) is 0 Å². The van der Waals surface area contributed by atoms with Gasteiger partial charge in [-0.3, -0.25) is 5.10 Å². The highest BCUT2D eigenvalue weighted by atomic mass is 15.2. The average Bonchev–Trinajstić information content (AvgIpc) is 3.12. The van der Waals surface area contributed by atoms with E-state index >= 15 is 0 Å². The van der Waals surface area contributed by atoms with E-state index in [-0.39, 0.29) is 0 Å². The summed E-state index contributed by atoms with van der Waals surface area (Å²) in [4.78, 5) is 4.11. The number of nitrogens with one attached hydrogen (secondary N) is 2. The fourth-order valence-electron chi connectivity index (χ4n) is 2.27. The number of nitrogens with zero attached hydrogens (tertiary/aromatic N) is 2. The first-order valence-electron chi connectivity index (χ1n) is 6.56. The lowest BCUT2D eigenvalue weighted by molar-refractivity contribution is 0.667. The van der Waals surface area contributed by atoms with Crippen LogP contribution in [0.2, 0.25) is 0 Å². The molecule has 0 radical (unpaired) electrons. The van der Waals surface area contributed by atoms with Crippen LogP contribution in [0.4, 0.5) is 0 Å². The van der Waals surface area contributed by atoms with Crippen LogP contribution in [0.1, 0.15) is 35.7 Å². The summed E-state index contributed by atoms with van der Waals surface area (Å²) < 4.78 is 0. The van der Waals surface area contributed by atoms with Gasteiger partial charge in [-0.15, -0.1) is 0 Å². The SMILES string of the molecule is c1ccc(C2CC2)c(CNCCc2ncn[nH]2)c1. The summed E-state index contributed by atoms with van der Waals surface area (Å²) >= 11 is 0.